The number of H-pyrrole nitrogens is 1. The van der Waals surface area contributed by atoms with Gasteiger partial charge in [0, 0.05) is 37.6 Å². The van der Waals surface area contributed by atoms with Crippen LogP contribution in [0.1, 0.15) is 12.5 Å². The van der Waals surface area contributed by atoms with E-state index >= 15 is 0 Å². The molecule has 0 atom stereocenters. The number of nitrogens with one attached hydrogen (secondary N) is 2. The molecular formula is C23H27FN6O. The molecule has 0 bridgehead atoms. The molecular weight excluding hydrogens is 395 g/mol. The number of benzene rings is 1. The number of piperazine rings is 1. The maximum absolute atomic E-state index is 14.4. The number of nitrogens with two attached hydrogens (primary N) is 1. The number of likely N-dealkylation sites (N-methyl/N-ethyl adjacent to an activating group) is 1. The summed E-state index contributed by atoms with van der Waals surface area (Å²) in [5, 5.41) is 3.38. The van der Waals surface area contributed by atoms with E-state index in [1.54, 1.807) is 6.07 Å². The number of pyridine rings is 1. The highest BCUT2D eigenvalue weighted by Crippen LogP contribution is 2.25. The Morgan fingerprint density at radius 3 is 2.71 bits per heavy atom. The lowest BCUT2D eigenvalue weighted by atomic mass is 10.1. The number of nitrogen functional groups attached to an aromatic ring is 1. The molecule has 0 aliphatic carbocycles. The van der Waals surface area contributed by atoms with Crippen LogP contribution in [0.2, 0.25) is 0 Å². The number of hydrogen-bond donors (Lipinski definition) is 3. The van der Waals surface area contributed by atoms with Crippen LogP contribution >= 0.6 is 0 Å². The van der Waals surface area contributed by atoms with Gasteiger partial charge in [0.25, 0.3) is 5.56 Å². The van der Waals surface area contributed by atoms with E-state index in [-0.39, 0.29) is 16.6 Å². The zero-order chi connectivity index (χ0) is 22.1. The monoisotopic (exact) mass is 422 g/mol. The maximum atomic E-state index is 14.4. The van der Waals surface area contributed by atoms with Crippen molar-refractivity contribution in [1.82, 2.24) is 20.1 Å². The van der Waals surface area contributed by atoms with Crippen LogP contribution in [0.25, 0.3) is 10.9 Å². The van der Waals surface area contributed by atoms with E-state index in [9.17, 15) is 9.18 Å². The van der Waals surface area contributed by atoms with Crippen LogP contribution < -0.4 is 16.6 Å². The molecule has 2 aromatic rings. The standard InChI is InChI=1S/C23H27FN6O/c1-4-16(30-10-8-29(3)9-11-30)12-15-13-26-22(27-14(15)2)20-21(25)19-17(24)6-5-7-18(19)28-23(20)31/h4-7,12H,1,8-11,13H2,2-3H3,(H,26,27)(H3,25,28,31)/b16-12+. The number of aromatic nitrogens is 1. The summed E-state index contributed by atoms with van der Waals surface area (Å²) in [6.45, 7) is 10.2. The Morgan fingerprint density at radius 2 is 2.03 bits per heavy atom. The largest absolute Gasteiger partial charge is 0.397 e. The quantitative estimate of drug-likeness (QED) is 0.658. The van der Waals surface area contributed by atoms with Gasteiger partial charge in [-0.25, -0.2) is 4.39 Å². The van der Waals surface area contributed by atoms with Gasteiger partial charge < -0.3 is 25.8 Å². The molecule has 1 saturated heterocycles. The van der Waals surface area contributed by atoms with E-state index in [4.69, 9.17) is 5.73 Å². The summed E-state index contributed by atoms with van der Waals surface area (Å²) in [5.74, 6) is -0.138. The lowest BCUT2D eigenvalue weighted by Gasteiger charge is -2.35. The van der Waals surface area contributed by atoms with E-state index in [1.165, 1.54) is 12.1 Å². The number of hydrogen-bond acceptors (Lipinski definition) is 6. The fourth-order valence-electron chi connectivity index (χ4n) is 3.97. The van der Waals surface area contributed by atoms with Crippen molar-refractivity contribution in [3.05, 3.63) is 75.6 Å². The average Bonchev–Trinajstić information content (AvgIpc) is 2.74. The highest BCUT2D eigenvalue weighted by Gasteiger charge is 2.22. The molecule has 0 unspecified atom stereocenters. The lowest BCUT2D eigenvalue weighted by Crippen LogP contribution is -2.43. The second-order valence-corrected chi connectivity index (χ2v) is 7.91. The van der Waals surface area contributed by atoms with Gasteiger partial charge in [-0.2, -0.15) is 0 Å². The molecule has 4 N–H and O–H groups in total. The van der Waals surface area contributed by atoms with Crippen LogP contribution in [-0.4, -0.2) is 60.4 Å². The van der Waals surface area contributed by atoms with E-state index in [2.05, 4.69) is 44.8 Å². The number of amidine groups is 1. The van der Waals surface area contributed by atoms with Gasteiger partial charge in [0.05, 0.1) is 23.1 Å². The zero-order valence-electron chi connectivity index (χ0n) is 17.8. The number of halogens is 1. The van der Waals surface area contributed by atoms with Crippen LogP contribution in [0.4, 0.5) is 10.1 Å². The Morgan fingerprint density at radius 1 is 1.29 bits per heavy atom. The number of aliphatic imine (C=N–C) groups is 1. The molecule has 7 nitrogen and oxygen atoms in total. The lowest BCUT2D eigenvalue weighted by molar-refractivity contribution is 0.190. The molecule has 31 heavy (non-hydrogen) atoms. The van der Waals surface area contributed by atoms with Crippen molar-refractivity contribution in [3.63, 3.8) is 0 Å². The van der Waals surface area contributed by atoms with E-state index in [1.807, 2.05) is 13.0 Å². The van der Waals surface area contributed by atoms with Crippen molar-refractivity contribution < 1.29 is 4.39 Å². The Bertz CT molecular complexity index is 1180. The minimum Gasteiger partial charge on any atom is -0.397 e. The summed E-state index contributed by atoms with van der Waals surface area (Å²) < 4.78 is 14.4. The van der Waals surface area contributed by atoms with Gasteiger partial charge >= 0.3 is 0 Å². The van der Waals surface area contributed by atoms with Crippen LogP contribution in [0.5, 0.6) is 0 Å². The first-order valence-electron chi connectivity index (χ1n) is 10.3. The molecule has 1 fully saturated rings. The highest BCUT2D eigenvalue weighted by atomic mass is 19.1. The van der Waals surface area contributed by atoms with Crippen molar-refractivity contribution in [2.45, 2.75) is 6.92 Å². The molecule has 0 radical (unpaired) electrons. The molecule has 0 saturated carbocycles. The number of allylic oxidation sites excluding steroid dienone is 2. The SMILES string of the molecule is C=C/C(=C\C1=C(C)NC(c2c(N)c3c(F)cccc3[nH]c2=O)=NC1)N1CCN(C)CC1. The fraction of sp³-hybridized carbons (Fsp3) is 0.304. The van der Waals surface area contributed by atoms with Crippen molar-refractivity contribution in [2.24, 2.45) is 4.99 Å². The van der Waals surface area contributed by atoms with Crippen molar-refractivity contribution >= 4 is 22.4 Å². The summed E-state index contributed by atoms with van der Waals surface area (Å²) >= 11 is 0. The highest BCUT2D eigenvalue weighted by molar-refractivity contribution is 6.09. The van der Waals surface area contributed by atoms with E-state index < -0.39 is 11.4 Å². The zero-order valence-corrected chi connectivity index (χ0v) is 17.8. The number of anilines is 1. The summed E-state index contributed by atoms with van der Waals surface area (Å²) in [6.07, 6.45) is 3.94. The predicted octanol–water partition coefficient (Wildman–Crippen LogP) is 2.19. The van der Waals surface area contributed by atoms with Crippen LogP contribution in [0, 0.1) is 5.82 Å². The molecule has 2 aliphatic heterocycles. The van der Waals surface area contributed by atoms with E-state index in [0.717, 1.165) is 43.1 Å². The number of aromatic amines is 1. The first-order chi connectivity index (χ1) is 14.9. The summed E-state index contributed by atoms with van der Waals surface area (Å²) in [4.78, 5) is 24.5. The first-order valence-corrected chi connectivity index (χ1v) is 10.3. The van der Waals surface area contributed by atoms with Gasteiger partial charge in [-0.15, -0.1) is 0 Å². The van der Waals surface area contributed by atoms with Gasteiger partial charge in [-0.1, -0.05) is 12.6 Å². The molecule has 0 amide bonds. The van der Waals surface area contributed by atoms with E-state index in [0.29, 0.717) is 17.9 Å². The Hall–Kier alpha value is -3.39. The molecule has 1 aromatic heterocycles. The van der Waals surface area contributed by atoms with Crippen LogP contribution in [-0.2, 0) is 0 Å². The summed E-state index contributed by atoms with van der Waals surface area (Å²) in [7, 11) is 2.12. The first kappa shape index (κ1) is 20.9. The van der Waals surface area contributed by atoms with Crippen LogP contribution in [0.15, 0.2) is 63.7 Å². The van der Waals surface area contributed by atoms with Crippen LogP contribution in [0.3, 0.4) is 0 Å². The molecule has 1 aromatic carbocycles. The third kappa shape index (κ3) is 3.98. The predicted molar refractivity (Wildman–Crippen MR) is 124 cm³/mol. The minimum absolute atomic E-state index is 0.0825. The van der Waals surface area contributed by atoms with Crippen molar-refractivity contribution in [3.8, 4) is 0 Å². The normalized spacial score (nSPS) is 18.2. The summed E-state index contributed by atoms with van der Waals surface area (Å²) in [5.41, 5.74) is 9.32. The average molecular weight is 423 g/mol. The third-order valence-electron chi connectivity index (χ3n) is 5.86. The van der Waals surface area contributed by atoms with Crippen molar-refractivity contribution in [2.75, 3.05) is 45.5 Å². The van der Waals surface area contributed by atoms with Gasteiger partial charge in [-0.05, 0) is 43.8 Å². The Labute approximate surface area is 180 Å². The van der Waals surface area contributed by atoms with Crippen molar-refractivity contribution in [1.29, 1.82) is 0 Å². The smallest absolute Gasteiger partial charge is 0.261 e. The van der Waals surface area contributed by atoms with Gasteiger partial charge in [0.2, 0.25) is 0 Å². The summed E-state index contributed by atoms with van der Waals surface area (Å²) in [6, 6.07) is 4.48. The molecule has 8 heteroatoms. The van der Waals surface area contributed by atoms with Gasteiger partial charge in [0.15, 0.2) is 0 Å². The Kier molecular flexibility index (Phi) is 5.65. The third-order valence-corrected chi connectivity index (χ3v) is 5.86. The second-order valence-electron chi connectivity index (χ2n) is 7.91. The second kappa shape index (κ2) is 8.39. The van der Waals surface area contributed by atoms with Gasteiger partial charge in [-0.3, -0.25) is 9.79 Å². The number of rotatable bonds is 4. The molecule has 162 valence electrons. The fourth-order valence-corrected chi connectivity index (χ4v) is 3.97. The molecule has 0 spiro atoms. The number of fused-ring (bicyclic) bond motifs is 1. The molecule has 4 rings (SSSR count). The van der Waals surface area contributed by atoms with Gasteiger partial charge in [0.1, 0.15) is 17.2 Å². The molecule has 2 aliphatic rings. The Balaban J connectivity index is 1.64. The topological polar surface area (TPSA) is 89.7 Å². The minimum atomic E-state index is -0.484. The maximum Gasteiger partial charge on any atom is 0.261 e. The number of nitrogens with zero attached hydrogens (tertiary/aromatic N) is 3. The molecule has 3 heterocycles.